The van der Waals surface area contributed by atoms with E-state index in [2.05, 4.69) is 37.8 Å². The van der Waals surface area contributed by atoms with Crippen LogP contribution in [0.5, 0.6) is 0 Å². The van der Waals surface area contributed by atoms with E-state index >= 15 is 0 Å². The Morgan fingerprint density at radius 1 is 1.15 bits per heavy atom. The average Bonchev–Trinajstić information content (AvgIpc) is 3.07. The van der Waals surface area contributed by atoms with Crippen LogP contribution in [0.2, 0.25) is 0 Å². The molecule has 0 aromatic carbocycles. The molecule has 0 spiro atoms. The first-order chi connectivity index (χ1) is 16.0. The van der Waals surface area contributed by atoms with Gasteiger partial charge in [-0.05, 0) is 81.5 Å². The summed E-state index contributed by atoms with van der Waals surface area (Å²) >= 11 is 0. The first-order valence-electron chi connectivity index (χ1n) is 13.2. The molecular formula is C27H44N2O5. The van der Waals surface area contributed by atoms with Crippen LogP contribution in [0.15, 0.2) is 16.8 Å². The highest BCUT2D eigenvalue weighted by Crippen LogP contribution is 2.67. The Bertz CT molecular complexity index is 854. The summed E-state index contributed by atoms with van der Waals surface area (Å²) in [6.45, 7) is 13.9. The van der Waals surface area contributed by atoms with Gasteiger partial charge in [0.25, 0.3) is 0 Å². The Hall–Kier alpha value is -1.28. The maximum Gasteiger partial charge on any atom is 0.159 e. The lowest BCUT2D eigenvalue weighted by Crippen LogP contribution is -2.60. The lowest BCUT2D eigenvalue weighted by atomic mass is 9.46. The van der Waals surface area contributed by atoms with Gasteiger partial charge in [-0.3, -0.25) is 4.79 Å². The molecule has 7 heteroatoms. The largest absolute Gasteiger partial charge is 0.394 e. The molecule has 0 amide bonds. The molecule has 7 nitrogen and oxygen atoms in total. The van der Waals surface area contributed by atoms with E-state index in [4.69, 9.17) is 4.84 Å². The molecule has 0 aromatic rings. The third-order valence-corrected chi connectivity index (χ3v) is 10.2. The van der Waals surface area contributed by atoms with Gasteiger partial charge in [0.2, 0.25) is 0 Å². The number of carbonyl (C=O) groups is 1. The highest BCUT2D eigenvalue weighted by Gasteiger charge is 2.66. The first-order valence-corrected chi connectivity index (χ1v) is 13.2. The van der Waals surface area contributed by atoms with Gasteiger partial charge in [0.05, 0.1) is 23.5 Å². The van der Waals surface area contributed by atoms with E-state index in [1.165, 1.54) is 0 Å². The Kier molecular flexibility index (Phi) is 7.06. The number of ketones is 1. The maximum absolute atomic E-state index is 13.2. The Labute approximate surface area is 204 Å². The highest BCUT2D eigenvalue weighted by molar-refractivity contribution is 5.95. The molecule has 4 aliphatic carbocycles. The van der Waals surface area contributed by atoms with Crippen molar-refractivity contribution in [2.24, 2.45) is 33.7 Å². The molecule has 34 heavy (non-hydrogen) atoms. The van der Waals surface area contributed by atoms with Crippen LogP contribution >= 0.6 is 0 Å². The van der Waals surface area contributed by atoms with E-state index in [1.54, 1.807) is 6.08 Å². The molecule has 0 radical (unpaired) electrons. The van der Waals surface area contributed by atoms with Gasteiger partial charge in [-0.15, -0.1) is 0 Å². The summed E-state index contributed by atoms with van der Waals surface area (Å²) in [6, 6.07) is 0. The van der Waals surface area contributed by atoms with Crippen molar-refractivity contribution < 1.29 is 25.0 Å². The molecular weight excluding hydrogens is 432 g/mol. The van der Waals surface area contributed by atoms with Gasteiger partial charge >= 0.3 is 0 Å². The summed E-state index contributed by atoms with van der Waals surface area (Å²) in [7, 11) is 0. The maximum atomic E-state index is 13.2. The molecule has 8 unspecified atom stereocenters. The van der Waals surface area contributed by atoms with Crippen LogP contribution in [0.4, 0.5) is 0 Å². The number of aliphatic hydroxyl groups excluding tert-OH is 2. The standard InChI is InChI=1S/C27H44N2O5/c1-6-29(7-2)12-13-34-28-17(3)18-9-11-27(33)20-14-22(30)21-15-23(31)24(32)16-25(21,4)19(20)8-10-26(18,27)5/h14,18-19,21,23-24,31-33H,6-13,15-16H2,1-5H3. The molecule has 0 aromatic heterocycles. The summed E-state index contributed by atoms with van der Waals surface area (Å²) < 4.78 is 0. The summed E-state index contributed by atoms with van der Waals surface area (Å²) in [5.41, 5.74) is -0.151. The number of rotatable bonds is 7. The topological polar surface area (TPSA) is 103 Å². The Balaban J connectivity index is 1.56. The van der Waals surface area contributed by atoms with E-state index in [-0.39, 0.29) is 23.5 Å². The van der Waals surface area contributed by atoms with Crippen molar-refractivity contribution in [3.05, 3.63) is 11.6 Å². The fourth-order valence-corrected chi connectivity index (χ4v) is 7.96. The number of aliphatic hydroxyl groups is 3. The van der Waals surface area contributed by atoms with Crippen LogP contribution in [0.3, 0.4) is 0 Å². The smallest absolute Gasteiger partial charge is 0.159 e. The quantitative estimate of drug-likeness (QED) is 0.297. The molecule has 192 valence electrons. The average molecular weight is 477 g/mol. The summed E-state index contributed by atoms with van der Waals surface area (Å²) in [4.78, 5) is 21.2. The Morgan fingerprint density at radius 2 is 1.85 bits per heavy atom. The van der Waals surface area contributed by atoms with Gasteiger partial charge in [0.15, 0.2) is 5.78 Å². The predicted molar refractivity (Wildman–Crippen MR) is 131 cm³/mol. The predicted octanol–water partition coefficient (Wildman–Crippen LogP) is 2.93. The van der Waals surface area contributed by atoms with Crippen molar-refractivity contribution in [3.63, 3.8) is 0 Å². The number of nitrogens with zero attached hydrogens (tertiary/aromatic N) is 2. The lowest BCUT2D eigenvalue weighted by Gasteiger charge is -2.59. The van der Waals surface area contributed by atoms with Gasteiger partial charge in [0.1, 0.15) is 6.61 Å². The highest BCUT2D eigenvalue weighted by atomic mass is 16.6. The second-order valence-corrected chi connectivity index (χ2v) is 11.7. The van der Waals surface area contributed by atoms with E-state index in [9.17, 15) is 20.1 Å². The summed E-state index contributed by atoms with van der Waals surface area (Å²) in [5.74, 6) is -0.179. The van der Waals surface area contributed by atoms with Crippen molar-refractivity contribution in [2.75, 3.05) is 26.2 Å². The normalized spacial score (nSPS) is 44.4. The minimum atomic E-state index is -1.07. The zero-order valence-corrected chi connectivity index (χ0v) is 21.6. The van der Waals surface area contributed by atoms with Crippen molar-refractivity contribution >= 4 is 11.5 Å². The van der Waals surface area contributed by atoms with Crippen LogP contribution in [0, 0.1) is 28.6 Å². The van der Waals surface area contributed by atoms with Crippen LogP contribution in [0.1, 0.15) is 73.1 Å². The zero-order valence-electron chi connectivity index (χ0n) is 21.6. The van der Waals surface area contributed by atoms with Gasteiger partial charge in [-0.1, -0.05) is 32.9 Å². The number of oxime groups is 1. The van der Waals surface area contributed by atoms with Gasteiger partial charge in [-0.2, -0.15) is 0 Å². The molecule has 3 saturated carbocycles. The van der Waals surface area contributed by atoms with Crippen molar-refractivity contribution in [1.82, 2.24) is 4.90 Å². The number of fused-ring (bicyclic) bond motifs is 5. The van der Waals surface area contributed by atoms with E-state index in [0.29, 0.717) is 25.9 Å². The van der Waals surface area contributed by atoms with E-state index in [0.717, 1.165) is 50.2 Å². The third kappa shape index (κ3) is 3.87. The Morgan fingerprint density at radius 3 is 2.53 bits per heavy atom. The number of allylic oxidation sites excluding steroid dienone is 1. The van der Waals surface area contributed by atoms with Crippen LogP contribution in [0.25, 0.3) is 0 Å². The number of likely N-dealkylation sites (N-methyl/N-ethyl adjacent to an activating group) is 1. The van der Waals surface area contributed by atoms with Crippen LogP contribution in [-0.4, -0.2) is 75.8 Å². The lowest BCUT2D eigenvalue weighted by molar-refractivity contribution is -0.151. The second-order valence-electron chi connectivity index (χ2n) is 11.7. The summed E-state index contributed by atoms with van der Waals surface area (Å²) in [5, 5.41) is 37.4. The van der Waals surface area contributed by atoms with Gasteiger partial charge in [-0.25, -0.2) is 0 Å². The molecule has 0 heterocycles. The summed E-state index contributed by atoms with van der Waals surface area (Å²) in [6.07, 6.45) is 3.81. The van der Waals surface area contributed by atoms with Gasteiger partial charge in [0, 0.05) is 23.8 Å². The molecule has 4 aliphatic rings. The number of carbonyl (C=O) groups excluding carboxylic acids is 1. The second kappa shape index (κ2) is 9.30. The fraction of sp³-hybridized carbons (Fsp3) is 0.852. The minimum Gasteiger partial charge on any atom is -0.394 e. The molecule has 3 N–H and O–H groups in total. The molecule has 8 atom stereocenters. The van der Waals surface area contributed by atoms with E-state index < -0.39 is 28.6 Å². The zero-order chi connectivity index (χ0) is 24.9. The van der Waals surface area contributed by atoms with Crippen LogP contribution in [-0.2, 0) is 9.63 Å². The SMILES string of the molecule is CCN(CC)CCON=C(C)C1CCC2(O)C3=CC(=O)C4CC(O)C(O)CC4(C)C3CCC12C. The molecule has 0 bridgehead atoms. The minimum absolute atomic E-state index is 0.00838. The molecule has 4 rings (SSSR count). The van der Waals surface area contributed by atoms with Gasteiger partial charge < -0.3 is 25.1 Å². The van der Waals surface area contributed by atoms with Crippen LogP contribution < -0.4 is 0 Å². The number of hydrogen-bond donors (Lipinski definition) is 3. The third-order valence-electron chi connectivity index (χ3n) is 10.2. The first kappa shape index (κ1) is 25.8. The fourth-order valence-electron chi connectivity index (χ4n) is 7.96. The van der Waals surface area contributed by atoms with Crippen molar-refractivity contribution in [1.29, 1.82) is 0 Å². The molecule has 0 saturated heterocycles. The molecule has 3 fully saturated rings. The molecule has 0 aliphatic heterocycles. The number of hydrogen-bond acceptors (Lipinski definition) is 7. The van der Waals surface area contributed by atoms with Crippen molar-refractivity contribution in [2.45, 2.75) is 91.0 Å². The van der Waals surface area contributed by atoms with E-state index in [1.807, 2.05) is 6.92 Å². The van der Waals surface area contributed by atoms with Crippen molar-refractivity contribution in [3.8, 4) is 0 Å². The monoisotopic (exact) mass is 476 g/mol.